The lowest BCUT2D eigenvalue weighted by atomic mass is 10.2. The van der Waals surface area contributed by atoms with E-state index in [1.807, 2.05) is 18.0 Å². The molecular weight excluding hydrogens is 426 g/mol. The van der Waals surface area contributed by atoms with Gasteiger partial charge < -0.3 is 19.9 Å². The fourth-order valence-electron chi connectivity index (χ4n) is 1.84. The standard InChI is InChI=1S/C16H25FN4O2.HI/c1-20(2)15(22)11-19-16(18-8-9-23-4)21(3)12-13-6-5-7-14(17)10-13;/h5-7,10H,8-9,11-12H2,1-4H3,(H,18,19);1H. The molecule has 0 unspecified atom stereocenters. The first-order valence-corrected chi connectivity index (χ1v) is 7.37. The summed E-state index contributed by atoms with van der Waals surface area (Å²) < 4.78 is 18.3. The fraction of sp³-hybridized carbons (Fsp3) is 0.500. The quantitative estimate of drug-likeness (QED) is 0.295. The second-order valence-corrected chi connectivity index (χ2v) is 5.33. The number of methoxy groups -OCH3 is 1. The van der Waals surface area contributed by atoms with E-state index in [2.05, 4.69) is 10.3 Å². The Bertz CT molecular complexity index is 541. The number of carbonyl (C=O) groups excluding carboxylic acids is 1. The molecule has 24 heavy (non-hydrogen) atoms. The number of halogens is 2. The van der Waals surface area contributed by atoms with E-state index < -0.39 is 0 Å². The van der Waals surface area contributed by atoms with E-state index >= 15 is 0 Å². The van der Waals surface area contributed by atoms with E-state index in [1.165, 1.54) is 17.0 Å². The van der Waals surface area contributed by atoms with Gasteiger partial charge >= 0.3 is 0 Å². The van der Waals surface area contributed by atoms with Crippen LogP contribution in [0.5, 0.6) is 0 Å². The summed E-state index contributed by atoms with van der Waals surface area (Å²) in [6.07, 6.45) is 0. The minimum Gasteiger partial charge on any atom is -0.383 e. The largest absolute Gasteiger partial charge is 0.383 e. The first-order valence-electron chi connectivity index (χ1n) is 7.37. The van der Waals surface area contributed by atoms with Crippen LogP contribution in [0, 0.1) is 5.82 Å². The number of amides is 1. The van der Waals surface area contributed by atoms with Crippen molar-refractivity contribution in [3.05, 3.63) is 35.6 Å². The zero-order valence-corrected chi connectivity index (χ0v) is 16.9. The maximum atomic E-state index is 13.3. The summed E-state index contributed by atoms with van der Waals surface area (Å²) in [7, 11) is 6.83. The van der Waals surface area contributed by atoms with Gasteiger partial charge in [-0.05, 0) is 17.7 Å². The average Bonchev–Trinajstić information content (AvgIpc) is 2.50. The lowest BCUT2D eigenvalue weighted by Gasteiger charge is -2.23. The highest BCUT2D eigenvalue weighted by Gasteiger charge is 2.09. The summed E-state index contributed by atoms with van der Waals surface area (Å²) in [4.78, 5) is 19.4. The molecule has 1 aromatic carbocycles. The van der Waals surface area contributed by atoms with Gasteiger partial charge in [-0.2, -0.15) is 0 Å². The van der Waals surface area contributed by atoms with Crippen molar-refractivity contribution in [2.45, 2.75) is 6.54 Å². The van der Waals surface area contributed by atoms with Gasteiger partial charge in [0.15, 0.2) is 5.96 Å². The van der Waals surface area contributed by atoms with Crippen LogP contribution in [-0.4, -0.2) is 69.6 Å². The molecule has 1 amide bonds. The minimum absolute atomic E-state index is 0. The lowest BCUT2D eigenvalue weighted by molar-refractivity contribution is -0.127. The van der Waals surface area contributed by atoms with Gasteiger partial charge in [0, 0.05) is 41.3 Å². The summed E-state index contributed by atoms with van der Waals surface area (Å²) in [5.41, 5.74) is 0.827. The molecule has 0 aromatic heterocycles. The van der Waals surface area contributed by atoms with Gasteiger partial charge in [0.05, 0.1) is 6.61 Å². The maximum Gasteiger partial charge on any atom is 0.243 e. The van der Waals surface area contributed by atoms with Crippen LogP contribution < -0.4 is 5.32 Å². The van der Waals surface area contributed by atoms with Crippen LogP contribution in [0.2, 0.25) is 0 Å². The molecule has 0 aliphatic rings. The summed E-state index contributed by atoms with van der Waals surface area (Å²) in [5, 5.41) is 3.14. The van der Waals surface area contributed by atoms with Crippen LogP contribution in [-0.2, 0) is 16.1 Å². The van der Waals surface area contributed by atoms with Gasteiger partial charge in [0.25, 0.3) is 0 Å². The molecule has 6 nitrogen and oxygen atoms in total. The van der Waals surface area contributed by atoms with E-state index in [-0.39, 0.29) is 42.2 Å². The number of ether oxygens (including phenoxy) is 1. The van der Waals surface area contributed by atoms with Crippen molar-refractivity contribution in [2.24, 2.45) is 4.99 Å². The smallest absolute Gasteiger partial charge is 0.243 e. The zero-order valence-electron chi connectivity index (χ0n) is 14.6. The Kier molecular flexibility index (Phi) is 11.3. The van der Waals surface area contributed by atoms with Crippen molar-refractivity contribution >= 4 is 35.8 Å². The first-order chi connectivity index (χ1) is 10.9. The van der Waals surface area contributed by atoms with Crippen molar-refractivity contribution < 1.29 is 13.9 Å². The van der Waals surface area contributed by atoms with Crippen molar-refractivity contribution in [3.63, 3.8) is 0 Å². The molecule has 1 rings (SSSR count). The Labute approximate surface area is 160 Å². The van der Waals surface area contributed by atoms with Crippen molar-refractivity contribution in [2.75, 3.05) is 47.9 Å². The predicted molar refractivity (Wildman–Crippen MR) is 104 cm³/mol. The summed E-state index contributed by atoms with van der Waals surface area (Å²) in [5.74, 6) is 0.209. The molecule has 1 aromatic rings. The van der Waals surface area contributed by atoms with Gasteiger partial charge in [0.1, 0.15) is 12.4 Å². The number of nitrogens with zero attached hydrogens (tertiary/aromatic N) is 3. The van der Waals surface area contributed by atoms with Crippen LogP contribution >= 0.6 is 24.0 Å². The number of hydrogen-bond acceptors (Lipinski definition) is 3. The van der Waals surface area contributed by atoms with Gasteiger partial charge in [-0.15, -0.1) is 24.0 Å². The van der Waals surface area contributed by atoms with Gasteiger partial charge in [0.2, 0.25) is 5.91 Å². The summed E-state index contributed by atoms with van der Waals surface area (Å²) >= 11 is 0. The third kappa shape index (κ3) is 8.44. The molecule has 8 heteroatoms. The molecule has 0 saturated heterocycles. The average molecular weight is 452 g/mol. The number of likely N-dealkylation sites (N-methyl/N-ethyl adjacent to an activating group) is 1. The van der Waals surface area contributed by atoms with Crippen LogP contribution in [0.3, 0.4) is 0 Å². The SMILES string of the molecule is COCCNC(=NCC(=O)N(C)C)N(C)Cc1cccc(F)c1.I. The number of carbonyl (C=O) groups is 1. The third-order valence-electron chi connectivity index (χ3n) is 3.12. The number of hydrogen-bond donors (Lipinski definition) is 1. The van der Waals surface area contributed by atoms with E-state index in [0.717, 1.165) is 5.56 Å². The van der Waals surface area contributed by atoms with Crippen LogP contribution in [0.1, 0.15) is 5.56 Å². The highest BCUT2D eigenvalue weighted by molar-refractivity contribution is 14.0. The van der Waals surface area contributed by atoms with Gasteiger partial charge in [-0.1, -0.05) is 12.1 Å². The molecule has 0 saturated carbocycles. The van der Waals surface area contributed by atoms with Crippen LogP contribution in [0.25, 0.3) is 0 Å². The van der Waals surface area contributed by atoms with Crippen molar-refractivity contribution in [1.82, 2.24) is 15.1 Å². The second-order valence-electron chi connectivity index (χ2n) is 5.33. The minimum atomic E-state index is -0.274. The Morgan fingerprint density at radius 2 is 2.04 bits per heavy atom. The van der Waals surface area contributed by atoms with E-state index in [1.54, 1.807) is 27.3 Å². The maximum absolute atomic E-state index is 13.3. The monoisotopic (exact) mass is 452 g/mol. The third-order valence-corrected chi connectivity index (χ3v) is 3.12. The number of benzene rings is 1. The first kappa shape index (κ1) is 22.6. The molecule has 0 spiro atoms. The number of aliphatic imine (C=N–C) groups is 1. The molecule has 136 valence electrons. The second kappa shape index (κ2) is 12.0. The Hall–Kier alpha value is -1.42. The zero-order chi connectivity index (χ0) is 17.2. The number of nitrogens with one attached hydrogen (secondary N) is 1. The van der Waals surface area contributed by atoms with E-state index in [4.69, 9.17) is 4.74 Å². The predicted octanol–water partition coefficient (Wildman–Crippen LogP) is 1.56. The topological polar surface area (TPSA) is 57.2 Å². The molecular formula is C16H26FIN4O2. The van der Waals surface area contributed by atoms with Crippen molar-refractivity contribution in [1.29, 1.82) is 0 Å². The molecule has 0 bridgehead atoms. The van der Waals surface area contributed by atoms with Gasteiger partial charge in [-0.3, -0.25) is 4.79 Å². The highest BCUT2D eigenvalue weighted by Crippen LogP contribution is 2.06. The van der Waals surface area contributed by atoms with E-state index in [0.29, 0.717) is 25.7 Å². The molecule has 1 N–H and O–H groups in total. The normalized spacial score (nSPS) is 10.8. The Balaban J connectivity index is 0.00000529. The highest BCUT2D eigenvalue weighted by atomic mass is 127. The van der Waals surface area contributed by atoms with Crippen LogP contribution in [0.4, 0.5) is 4.39 Å². The van der Waals surface area contributed by atoms with Crippen molar-refractivity contribution in [3.8, 4) is 0 Å². The van der Waals surface area contributed by atoms with Gasteiger partial charge in [-0.25, -0.2) is 9.38 Å². The molecule has 0 atom stereocenters. The van der Waals surface area contributed by atoms with Crippen LogP contribution in [0.15, 0.2) is 29.3 Å². The fourth-order valence-corrected chi connectivity index (χ4v) is 1.84. The Morgan fingerprint density at radius 1 is 1.33 bits per heavy atom. The Morgan fingerprint density at radius 3 is 2.62 bits per heavy atom. The lowest BCUT2D eigenvalue weighted by Crippen LogP contribution is -2.41. The molecule has 0 aliphatic heterocycles. The molecule has 0 aliphatic carbocycles. The molecule has 0 fully saturated rings. The summed E-state index contributed by atoms with van der Waals surface area (Å²) in [6.45, 7) is 1.62. The molecule has 0 heterocycles. The van der Waals surface area contributed by atoms with E-state index in [9.17, 15) is 9.18 Å². The number of rotatable bonds is 7. The molecule has 0 radical (unpaired) electrons. The summed E-state index contributed by atoms with van der Waals surface area (Å²) in [6, 6.07) is 6.40. The number of guanidine groups is 1.